The van der Waals surface area contributed by atoms with Gasteiger partial charge in [-0.25, -0.2) is 0 Å². The zero-order chi connectivity index (χ0) is 18.7. The van der Waals surface area contributed by atoms with Gasteiger partial charge in [0.2, 0.25) is 0 Å². The number of hydrogen-bond donors (Lipinski definition) is 1. The molecule has 1 aliphatic carbocycles. The van der Waals surface area contributed by atoms with Crippen LogP contribution in [0.1, 0.15) is 43.5 Å². The number of aromatic nitrogens is 4. The van der Waals surface area contributed by atoms with Crippen LogP contribution in [-0.4, -0.2) is 27.3 Å². The molecule has 1 heterocycles. The minimum atomic E-state index is -0.268. The van der Waals surface area contributed by atoms with Gasteiger partial charge in [0.25, 0.3) is 0 Å². The van der Waals surface area contributed by atoms with E-state index in [0.29, 0.717) is 0 Å². The summed E-state index contributed by atoms with van der Waals surface area (Å²) < 4.78 is 7.12. The van der Waals surface area contributed by atoms with Crippen LogP contribution >= 0.6 is 0 Å². The van der Waals surface area contributed by atoms with Crippen molar-refractivity contribution in [3.8, 4) is 11.4 Å². The van der Waals surface area contributed by atoms with Gasteiger partial charge in [-0.3, -0.25) is 0 Å². The lowest BCUT2D eigenvalue weighted by molar-refractivity contribution is 0.309. The van der Waals surface area contributed by atoms with Crippen LogP contribution in [0.4, 0.5) is 5.69 Å². The highest BCUT2D eigenvalue weighted by atomic mass is 16.5. The lowest BCUT2D eigenvalue weighted by Gasteiger charge is -2.37. The zero-order valence-electron chi connectivity index (χ0n) is 15.9. The molecular weight excluding hydrogens is 338 g/mol. The van der Waals surface area contributed by atoms with Crippen molar-refractivity contribution < 1.29 is 4.74 Å². The Morgan fingerprint density at radius 2 is 1.81 bits per heavy atom. The molecule has 0 aliphatic heterocycles. The number of nitrogens with zero attached hydrogens (tertiary/aromatic N) is 4. The third-order valence-electron chi connectivity index (χ3n) is 5.32. The number of hydrogen-bond acceptors (Lipinski definition) is 5. The van der Waals surface area contributed by atoms with E-state index >= 15 is 0 Å². The molecule has 4 rings (SSSR count). The Morgan fingerprint density at radius 1 is 1.04 bits per heavy atom. The molecule has 0 bridgehead atoms. The molecule has 0 amide bonds. The summed E-state index contributed by atoms with van der Waals surface area (Å²) in [4.78, 5) is 0. The topological polar surface area (TPSA) is 64.9 Å². The number of benzene rings is 2. The van der Waals surface area contributed by atoms with Crippen molar-refractivity contribution in [1.29, 1.82) is 0 Å². The molecule has 1 saturated carbocycles. The number of rotatable bonds is 5. The highest BCUT2D eigenvalue weighted by molar-refractivity contribution is 5.49. The lowest BCUT2D eigenvalue weighted by atomic mass is 9.80. The zero-order valence-corrected chi connectivity index (χ0v) is 15.9. The summed E-state index contributed by atoms with van der Waals surface area (Å²) in [5, 5.41) is 16.5. The summed E-state index contributed by atoms with van der Waals surface area (Å²) in [6.07, 6.45) is 5.60. The molecular formula is C21H25N5O. The summed E-state index contributed by atoms with van der Waals surface area (Å²) in [6.45, 7) is 2.11. The number of anilines is 1. The van der Waals surface area contributed by atoms with Crippen LogP contribution in [0, 0.1) is 6.92 Å². The molecule has 0 unspecified atom stereocenters. The monoisotopic (exact) mass is 363 g/mol. The molecule has 0 radical (unpaired) electrons. The van der Waals surface area contributed by atoms with Gasteiger partial charge in [-0.05, 0) is 72.2 Å². The molecule has 0 atom stereocenters. The van der Waals surface area contributed by atoms with E-state index in [1.165, 1.54) is 12.0 Å². The van der Waals surface area contributed by atoms with Gasteiger partial charge < -0.3 is 10.1 Å². The lowest BCUT2D eigenvalue weighted by Crippen LogP contribution is -2.40. The molecule has 140 valence electrons. The van der Waals surface area contributed by atoms with Crippen molar-refractivity contribution in [3.63, 3.8) is 0 Å². The van der Waals surface area contributed by atoms with Crippen molar-refractivity contribution in [2.24, 2.45) is 0 Å². The van der Waals surface area contributed by atoms with Crippen LogP contribution in [0.3, 0.4) is 0 Å². The Bertz CT molecular complexity index is 897. The van der Waals surface area contributed by atoms with Gasteiger partial charge in [0.1, 0.15) is 5.75 Å². The Morgan fingerprint density at radius 3 is 2.52 bits per heavy atom. The van der Waals surface area contributed by atoms with Crippen LogP contribution < -0.4 is 10.1 Å². The molecule has 27 heavy (non-hydrogen) atoms. The van der Waals surface area contributed by atoms with Crippen molar-refractivity contribution in [2.75, 3.05) is 12.4 Å². The Hall–Kier alpha value is -2.89. The van der Waals surface area contributed by atoms with Crippen LogP contribution in [0.2, 0.25) is 0 Å². The second-order valence-corrected chi connectivity index (χ2v) is 7.25. The van der Waals surface area contributed by atoms with E-state index in [1.54, 1.807) is 7.11 Å². The first-order chi connectivity index (χ1) is 13.2. The summed E-state index contributed by atoms with van der Waals surface area (Å²) in [5.74, 6) is 1.69. The largest absolute Gasteiger partial charge is 0.497 e. The molecule has 1 N–H and O–H groups in total. The molecule has 1 aliphatic rings. The van der Waals surface area contributed by atoms with Crippen molar-refractivity contribution in [2.45, 2.75) is 44.6 Å². The third kappa shape index (κ3) is 3.52. The van der Waals surface area contributed by atoms with Crippen LogP contribution in [0.25, 0.3) is 5.69 Å². The molecule has 3 aromatic rings. The second kappa shape index (κ2) is 7.39. The quantitative estimate of drug-likeness (QED) is 0.734. The SMILES string of the molecule is COc1ccc(-n2nnnc2C2(Nc3cccc(C)c3)CCCCC2)cc1. The normalized spacial score (nSPS) is 16.1. The van der Waals surface area contributed by atoms with Crippen LogP contribution in [-0.2, 0) is 5.54 Å². The standard InChI is InChI=1S/C21H25N5O/c1-16-7-6-8-17(15-16)22-21(13-4-3-5-14-21)20-23-24-25-26(20)18-9-11-19(27-2)12-10-18/h6-12,15,22H,3-5,13-14H2,1-2H3. The van der Waals surface area contributed by atoms with Crippen molar-refractivity contribution in [1.82, 2.24) is 20.2 Å². The van der Waals surface area contributed by atoms with Crippen LogP contribution in [0.5, 0.6) is 5.75 Å². The summed E-state index contributed by atoms with van der Waals surface area (Å²) in [7, 11) is 1.67. The summed E-state index contributed by atoms with van der Waals surface area (Å²) in [5.41, 5.74) is 3.02. The van der Waals surface area contributed by atoms with Gasteiger partial charge in [0.15, 0.2) is 5.82 Å². The maximum absolute atomic E-state index is 5.27. The van der Waals surface area contributed by atoms with Crippen molar-refractivity contribution >= 4 is 5.69 Å². The minimum Gasteiger partial charge on any atom is -0.497 e. The number of methoxy groups -OCH3 is 1. The number of tetrazole rings is 1. The van der Waals surface area contributed by atoms with E-state index < -0.39 is 0 Å². The fourth-order valence-corrected chi connectivity index (χ4v) is 3.94. The van der Waals surface area contributed by atoms with E-state index in [4.69, 9.17) is 4.74 Å². The van der Waals surface area contributed by atoms with E-state index in [1.807, 2.05) is 28.9 Å². The second-order valence-electron chi connectivity index (χ2n) is 7.25. The van der Waals surface area contributed by atoms with Crippen molar-refractivity contribution in [3.05, 3.63) is 59.9 Å². The van der Waals surface area contributed by atoms with E-state index in [-0.39, 0.29) is 5.54 Å². The number of nitrogens with one attached hydrogen (secondary N) is 1. The van der Waals surface area contributed by atoms with Gasteiger partial charge in [0.05, 0.1) is 18.3 Å². The molecule has 1 fully saturated rings. The molecule has 0 saturated heterocycles. The maximum Gasteiger partial charge on any atom is 0.181 e. The van der Waals surface area contributed by atoms with Gasteiger partial charge in [-0.1, -0.05) is 31.4 Å². The molecule has 0 spiro atoms. The molecule has 6 nitrogen and oxygen atoms in total. The fourth-order valence-electron chi connectivity index (χ4n) is 3.94. The van der Waals surface area contributed by atoms with Gasteiger partial charge in [-0.15, -0.1) is 5.10 Å². The van der Waals surface area contributed by atoms with Gasteiger partial charge >= 0.3 is 0 Å². The molecule has 6 heteroatoms. The van der Waals surface area contributed by atoms with Gasteiger partial charge in [-0.2, -0.15) is 4.68 Å². The Kier molecular flexibility index (Phi) is 4.79. The molecule has 1 aromatic heterocycles. The summed E-state index contributed by atoms with van der Waals surface area (Å²) in [6, 6.07) is 16.3. The first-order valence-corrected chi connectivity index (χ1v) is 9.48. The predicted molar refractivity (Wildman–Crippen MR) is 105 cm³/mol. The number of ether oxygens (including phenoxy) is 1. The highest BCUT2D eigenvalue weighted by Crippen LogP contribution is 2.39. The number of aryl methyl sites for hydroxylation is 1. The Balaban J connectivity index is 1.74. The smallest absolute Gasteiger partial charge is 0.181 e. The van der Waals surface area contributed by atoms with E-state index in [2.05, 4.69) is 52.0 Å². The fraction of sp³-hybridized carbons (Fsp3) is 0.381. The average Bonchev–Trinajstić information content (AvgIpc) is 3.19. The molecule has 2 aromatic carbocycles. The van der Waals surface area contributed by atoms with Crippen LogP contribution in [0.15, 0.2) is 48.5 Å². The summed E-state index contributed by atoms with van der Waals surface area (Å²) >= 11 is 0. The predicted octanol–water partition coefficient (Wildman–Crippen LogP) is 4.25. The van der Waals surface area contributed by atoms with E-state index in [0.717, 1.165) is 48.6 Å². The highest BCUT2D eigenvalue weighted by Gasteiger charge is 2.39. The third-order valence-corrected chi connectivity index (χ3v) is 5.32. The maximum atomic E-state index is 5.27. The minimum absolute atomic E-state index is 0.268. The first kappa shape index (κ1) is 17.5. The van der Waals surface area contributed by atoms with Gasteiger partial charge in [0, 0.05) is 5.69 Å². The average molecular weight is 363 g/mol. The van der Waals surface area contributed by atoms with E-state index in [9.17, 15) is 0 Å². The first-order valence-electron chi connectivity index (χ1n) is 9.48. The Labute approximate surface area is 159 Å².